The first-order valence-corrected chi connectivity index (χ1v) is 9.03. The largest absolute Gasteiger partial charge is 0.506 e. The van der Waals surface area contributed by atoms with Crippen LogP contribution in [0.15, 0.2) is 42.7 Å². The maximum absolute atomic E-state index is 13.0. The number of aromatic hydroxyl groups is 1. The van der Waals surface area contributed by atoms with E-state index < -0.39 is 6.10 Å². The quantitative estimate of drug-likeness (QED) is 0.863. The van der Waals surface area contributed by atoms with Crippen molar-refractivity contribution in [3.05, 3.63) is 54.1 Å². The van der Waals surface area contributed by atoms with Gasteiger partial charge in [-0.15, -0.1) is 0 Å². The van der Waals surface area contributed by atoms with Crippen LogP contribution in [-0.2, 0) is 0 Å². The highest BCUT2D eigenvalue weighted by Gasteiger charge is 2.44. The highest BCUT2D eigenvalue weighted by atomic mass is 19.1. The van der Waals surface area contributed by atoms with Gasteiger partial charge in [0.1, 0.15) is 23.4 Å². The third-order valence-electron chi connectivity index (χ3n) is 5.44. The lowest BCUT2D eigenvalue weighted by molar-refractivity contribution is -0.0231. The Morgan fingerprint density at radius 1 is 1.15 bits per heavy atom. The number of benzene rings is 1. The number of carbonyl (C=O) groups is 1. The summed E-state index contributed by atoms with van der Waals surface area (Å²) >= 11 is 0. The number of ether oxygens (including phenoxy) is 1. The van der Waals surface area contributed by atoms with Gasteiger partial charge >= 0.3 is 0 Å². The zero-order chi connectivity index (χ0) is 19.0. The Balaban J connectivity index is 1.42. The molecule has 1 aromatic heterocycles. The van der Waals surface area contributed by atoms with Crippen molar-refractivity contribution in [2.45, 2.75) is 25.0 Å². The SMILES string of the molecule is O=C(c1cncc(O)c1)N1C[C@H]2C[C@@H](Oc3ccc(F)cc3)[C@H](O)C[C@H]2C1. The maximum atomic E-state index is 13.0. The van der Waals surface area contributed by atoms with Gasteiger partial charge in [0.05, 0.1) is 17.9 Å². The van der Waals surface area contributed by atoms with Gasteiger partial charge in [0.25, 0.3) is 5.91 Å². The summed E-state index contributed by atoms with van der Waals surface area (Å²) in [7, 11) is 0. The average Bonchev–Trinajstić information content (AvgIpc) is 3.06. The highest BCUT2D eigenvalue weighted by Crippen LogP contribution is 2.38. The number of carbonyl (C=O) groups excluding carboxylic acids is 1. The molecule has 1 amide bonds. The molecule has 1 aliphatic carbocycles. The van der Waals surface area contributed by atoms with Crippen molar-refractivity contribution >= 4 is 5.91 Å². The van der Waals surface area contributed by atoms with Crippen LogP contribution in [-0.4, -0.2) is 51.3 Å². The number of rotatable bonds is 3. The Bertz CT molecular complexity index is 829. The minimum Gasteiger partial charge on any atom is -0.506 e. The van der Waals surface area contributed by atoms with Gasteiger partial charge in [-0.3, -0.25) is 9.78 Å². The van der Waals surface area contributed by atoms with Crippen LogP contribution in [0.5, 0.6) is 11.5 Å². The van der Waals surface area contributed by atoms with E-state index >= 15 is 0 Å². The molecule has 0 spiro atoms. The Labute approximate surface area is 156 Å². The highest BCUT2D eigenvalue weighted by molar-refractivity contribution is 5.94. The molecule has 1 saturated heterocycles. The minimum atomic E-state index is -0.631. The topological polar surface area (TPSA) is 82.9 Å². The molecule has 2 aliphatic rings. The molecule has 27 heavy (non-hydrogen) atoms. The fraction of sp³-hybridized carbons (Fsp3) is 0.400. The molecule has 2 N–H and O–H groups in total. The molecular formula is C20H21FN2O4. The van der Waals surface area contributed by atoms with Crippen LogP contribution in [0, 0.1) is 17.7 Å². The fourth-order valence-electron chi connectivity index (χ4n) is 4.10. The number of amides is 1. The van der Waals surface area contributed by atoms with Crippen molar-refractivity contribution in [2.75, 3.05) is 13.1 Å². The van der Waals surface area contributed by atoms with Crippen molar-refractivity contribution in [1.29, 1.82) is 0 Å². The summed E-state index contributed by atoms with van der Waals surface area (Å²) in [5.41, 5.74) is 0.355. The van der Waals surface area contributed by atoms with Crippen LogP contribution in [0.25, 0.3) is 0 Å². The molecule has 2 aromatic rings. The standard InChI is InChI=1S/C20H21FN2O4/c21-15-1-3-17(4-2-15)27-19-7-14-11-23(10-13(14)6-18(19)25)20(26)12-5-16(24)9-22-8-12/h1-5,8-9,13-14,18-19,24-25H,6-7,10-11H2/t13-,14+,18+,19+/m0/s1. The molecule has 6 nitrogen and oxygen atoms in total. The molecule has 142 valence electrons. The van der Waals surface area contributed by atoms with E-state index in [9.17, 15) is 19.4 Å². The molecule has 2 fully saturated rings. The molecule has 7 heteroatoms. The van der Waals surface area contributed by atoms with Crippen molar-refractivity contribution in [3.8, 4) is 11.5 Å². The van der Waals surface area contributed by atoms with E-state index in [1.165, 1.54) is 30.6 Å². The Hall–Kier alpha value is -2.67. The van der Waals surface area contributed by atoms with Gasteiger partial charge in [-0.1, -0.05) is 0 Å². The first-order valence-electron chi connectivity index (χ1n) is 9.03. The fourth-order valence-corrected chi connectivity index (χ4v) is 4.10. The zero-order valence-corrected chi connectivity index (χ0v) is 14.7. The predicted octanol–water partition coefficient (Wildman–Crippen LogP) is 2.22. The van der Waals surface area contributed by atoms with Gasteiger partial charge in [0, 0.05) is 19.3 Å². The summed E-state index contributed by atoms with van der Waals surface area (Å²) in [5.74, 6) is 0.419. The minimum absolute atomic E-state index is 0.0411. The molecule has 1 aliphatic heterocycles. The number of aliphatic hydroxyl groups is 1. The van der Waals surface area contributed by atoms with E-state index in [1.54, 1.807) is 17.0 Å². The molecule has 1 aromatic carbocycles. The molecule has 1 saturated carbocycles. The smallest absolute Gasteiger partial charge is 0.255 e. The maximum Gasteiger partial charge on any atom is 0.255 e. The van der Waals surface area contributed by atoms with E-state index in [1.807, 2.05) is 0 Å². The second-order valence-electron chi connectivity index (χ2n) is 7.31. The van der Waals surface area contributed by atoms with Crippen molar-refractivity contribution < 1.29 is 24.1 Å². The number of fused-ring (bicyclic) bond motifs is 1. The van der Waals surface area contributed by atoms with Crippen LogP contribution in [0.2, 0.25) is 0 Å². The second kappa shape index (κ2) is 7.15. The van der Waals surface area contributed by atoms with Gasteiger partial charge < -0.3 is 19.8 Å². The van der Waals surface area contributed by atoms with Gasteiger partial charge in [-0.25, -0.2) is 4.39 Å². The second-order valence-corrected chi connectivity index (χ2v) is 7.31. The number of nitrogens with zero attached hydrogens (tertiary/aromatic N) is 2. The van der Waals surface area contributed by atoms with Crippen LogP contribution in [0.3, 0.4) is 0 Å². The molecule has 0 radical (unpaired) electrons. The lowest BCUT2D eigenvalue weighted by atomic mass is 9.78. The Kier molecular flexibility index (Phi) is 4.70. The Morgan fingerprint density at radius 2 is 1.85 bits per heavy atom. The van der Waals surface area contributed by atoms with Gasteiger partial charge in [-0.2, -0.15) is 0 Å². The molecule has 4 rings (SSSR count). The van der Waals surface area contributed by atoms with Crippen molar-refractivity contribution in [1.82, 2.24) is 9.88 Å². The predicted molar refractivity (Wildman–Crippen MR) is 94.8 cm³/mol. The summed E-state index contributed by atoms with van der Waals surface area (Å²) < 4.78 is 18.9. The lowest BCUT2D eigenvalue weighted by Gasteiger charge is -2.35. The molecular weight excluding hydrogens is 351 g/mol. The van der Waals surface area contributed by atoms with E-state index in [2.05, 4.69) is 4.98 Å². The van der Waals surface area contributed by atoms with Gasteiger partial charge in [-0.05, 0) is 55.0 Å². The van der Waals surface area contributed by atoms with Gasteiger partial charge in [0.2, 0.25) is 0 Å². The van der Waals surface area contributed by atoms with E-state index in [4.69, 9.17) is 4.74 Å². The van der Waals surface area contributed by atoms with Crippen LogP contribution < -0.4 is 4.74 Å². The van der Waals surface area contributed by atoms with Crippen molar-refractivity contribution in [3.63, 3.8) is 0 Å². The summed E-state index contributed by atoms with van der Waals surface area (Å²) in [6.07, 6.45) is 2.90. The molecule has 0 unspecified atom stereocenters. The number of hydrogen-bond acceptors (Lipinski definition) is 5. The zero-order valence-electron chi connectivity index (χ0n) is 14.7. The lowest BCUT2D eigenvalue weighted by Crippen LogP contribution is -2.42. The number of likely N-dealkylation sites (tertiary alicyclic amines) is 1. The Morgan fingerprint density at radius 3 is 2.56 bits per heavy atom. The van der Waals surface area contributed by atoms with Crippen molar-refractivity contribution in [2.24, 2.45) is 11.8 Å². The van der Waals surface area contributed by atoms with Crippen LogP contribution in [0.4, 0.5) is 4.39 Å². The monoisotopic (exact) mass is 372 g/mol. The first kappa shape index (κ1) is 17.7. The number of halogens is 1. The molecule has 0 bridgehead atoms. The van der Waals surface area contributed by atoms with Gasteiger partial charge in [0.15, 0.2) is 0 Å². The first-order chi connectivity index (χ1) is 13.0. The molecule has 4 atom stereocenters. The summed E-state index contributed by atoms with van der Waals surface area (Å²) in [4.78, 5) is 18.3. The number of hydrogen-bond donors (Lipinski definition) is 2. The van der Waals surface area contributed by atoms with E-state index in [-0.39, 0.29) is 35.4 Å². The third kappa shape index (κ3) is 3.73. The third-order valence-corrected chi connectivity index (χ3v) is 5.44. The summed E-state index contributed by atoms with van der Waals surface area (Å²) in [6, 6.07) is 7.16. The van der Waals surface area contributed by atoms with E-state index in [0.29, 0.717) is 37.2 Å². The number of pyridine rings is 1. The molecule has 2 heterocycles. The normalized spacial score (nSPS) is 27.3. The average molecular weight is 372 g/mol. The number of aliphatic hydroxyl groups excluding tert-OH is 1. The van der Waals surface area contributed by atoms with Crippen LogP contribution in [0.1, 0.15) is 23.2 Å². The number of aromatic nitrogens is 1. The summed E-state index contributed by atoms with van der Waals surface area (Å²) in [5, 5.41) is 20.0. The summed E-state index contributed by atoms with van der Waals surface area (Å²) in [6.45, 7) is 1.15. The van der Waals surface area contributed by atoms with Crippen LogP contribution >= 0.6 is 0 Å². The van der Waals surface area contributed by atoms with E-state index in [0.717, 1.165) is 0 Å².